The van der Waals surface area contributed by atoms with Crippen molar-refractivity contribution < 1.29 is 0 Å². The zero-order valence-electron chi connectivity index (χ0n) is 33.8. The summed E-state index contributed by atoms with van der Waals surface area (Å²) in [5, 5.41) is 14.2. The van der Waals surface area contributed by atoms with Crippen LogP contribution in [-0.2, 0) is 0 Å². The molecule has 10 aromatic carbocycles. The molecule has 4 aromatic heterocycles. The molecule has 0 saturated heterocycles. The molecule has 0 unspecified atom stereocenters. The van der Waals surface area contributed by atoms with Crippen LogP contribution in [0.1, 0.15) is 0 Å². The van der Waals surface area contributed by atoms with E-state index in [9.17, 15) is 0 Å². The highest BCUT2D eigenvalue weighted by atomic mass is 15.3. The first kappa shape index (κ1) is 34.1. The Hall–Kier alpha value is -8.61. The van der Waals surface area contributed by atoms with Crippen molar-refractivity contribution in [3.05, 3.63) is 206 Å². The van der Waals surface area contributed by atoms with Crippen LogP contribution in [0, 0.1) is 0 Å². The number of nitrogens with zero attached hydrogens (tertiary/aromatic N) is 6. The van der Waals surface area contributed by atoms with Crippen LogP contribution in [-0.4, -0.2) is 28.7 Å². The Morgan fingerprint density at radius 1 is 0.238 bits per heavy atom. The smallest absolute Gasteiger partial charge is 0.240 e. The summed E-state index contributed by atoms with van der Waals surface area (Å²) in [5.74, 6) is 1.73. The predicted molar refractivity (Wildman–Crippen MR) is 261 cm³/mol. The summed E-state index contributed by atoms with van der Waals surface area (Å²) in [6.07, 6.45) is 0. The highest BCUT2D eigenvalue weighted by Crippen LogP contribution is 2.42. The summed E-state index contributed by atoms with van der Waals surface area (Å²) in [7, 11) is 0. The lowest BCUT2D eigenvalue weighted by Gasteiger charge is -2.15. The quantitative estimate of drug-likeness (QED) is 0.167. The molecule has 0 aliphatic rings. The number of rotatable bonds is 4. The SMILES string of the molecule is c1ccc(-n2c3ccccc3c3cc4c5ccccc5c5cc(-c6nc(-n7c8ccccc8c8ccccc87)nc(-n7c8ccccc8c8ccccc87)n6)ccc5c4cc32)cc1. The zero-order chi connectivity index (χ0) is 41.2. The number of benzene rings is 10. The molecule has 14 aromatic rings. The third kappa shape index (κ3) is 4.86. The summed E-state index contributed by atoms with van der Waals surface area (Å²) >= 11 is 0. The lowest BCUT2D eigenvalue weighted by molar-refractivity contribution is 0.893. The molecule has 63 heavy (non-hydrogen) atoms. The zero-order valence-corrected chi connectivity index (χ0v) is 33.8. The van der Waals surface area contributed by atoms with Crippen LogP contribution in [0.5, 0.6) is 0 Å². The summed E-state index contributed by atoms with van der Waals surface area (Å²) in [6, 6.07) is 73.8. The largest absolute Gasteiger partial charge is 0.309 e. The van der Waals surface area contributed by atoms with Gasteiger partial charge in [0.1, 0.15) is 0 Å². The van der Waals surface area contributed by atoms with Crippen molar-refractivity contribution >= 4 is 97.7 Å². The summed E-state index contributed by atoms with van der Waals surface area (Å²) in [4.78, 5) is 16.2. The standard InChI is InChI=1S/C57H34N6/c1-2-16-36(17-3-1)61-49-25-11-10-24-44(49)48-33-46-38-19-5-4-18-37(38)45-32-35(30-31-39(45)47(46)34-54(48)61)55-58-56(62-50-26-12-6-20-40(50)41-21-7-13-27-51(41)62)60-57(59-55)63-52-28-14-8-22-42(52)43-23-9-15-29-53(43)63/h1-34H. The van der Waals surface area contributed by atoms with Crippen LogP contribution in [0.3, 0.4) is 0 Å². The number of aromatic nitrogens is 6. The van der Waals surface area contributed by atoms with E-state index in [1.807, 2.05) is 0 Å². The Morgan fingerprint density at radius 3 is 1.13 bits per heavy atom. The van der Waals surface area contributed by atoms with Gasteiger partial charge in [0.25, 0.3) is 0 Å². The van der Waals surface area contributed by atoms with Crippen LogP contribution in [0.4, 0.5) is 0 Å². The predicted octanol–water partition coefficient (Wildman–Crippen LogP) is 14.3. The highest BCUT2D eigenvalue weighted by molar-refractivity contribution is 6.29. The number of para-hydroxylation sites is 6. The van der Waals surface area contributed by atoms with Gasteiger partial charge in [0.05, 0.1) is 33.1 Å². The van der Waals surface area contributed by atoms with Gasteiger partial charge >= 0.3 is 0 Å². The minimum atomic E-state index is 0.564. The maximum atomic E-state index is 5.40. The van der Waals surface area contributed by atoms with Gasteiger partial charge in [-0.15, -0.1) is 0 Å². The van der Waals surface area contributed by atoms with Crippen LogP contribution < -0.4 is 0 Å². The van der Waals surface area contributed by atoms with Crippen molar-refractivity contribution in [2.75, 3.05) is 0 Å². The fourth-order valence-corrected chi connectivity index (χ4v) is 10.4. The second-order valence-corrected chi connectivity index (χ2v) is 16.4. The van der Waals surface area contributed by atoms with Crippen molar-refractivity contribution in [3.8, 4) is 29.0 Å². The average molecular weight is 803 g/mol. The fourth-order valence-electron chi connectivity index (χ4n) is 10.4. The third-order valence-corrected chi connectivity index (χ3v) is 13.1. The maximum absolute atomic E-state index is 5.40. The fraction of sp³-hybridized carbons (Fsp3) is 0. The molecular formula is C57H34N6. The number of hydrogen-bond donors (Lipinski definition) is 0. The molecule has 14 rings (SSSR count). The monoisotopic (exact) mass is 802 g/mol. The molecule has 0 aliphatic heterocycles. The van der Waals surface area contributed by atoms with Crippen LogP contribution in [0.2, 0.25) is 0 Å². The molecule has 6 heteroatoms. The molecule has 4 heterocycles. The minimum Gasteiger partial charge on any atom is -0.309 e. The molecule has 0 amide bonds. The lowest BCUT2D eigenvalue weighted by atomic mass is 9.92. The number of fused-ring (bicyclic) bond motifs is 15. The molecular weight excluding hydrogens is 769 g/mol. The summed E-state index contributed by atoms with van der Waals surface area (Å²) < 4.78 is 6.78. The van der Waals surface area contributed by atoms with E-state index < -0.39 is 0 Å². The van der Waals surface area contributed by atoms with Crippen molar-refractivity contribution in [1.29, 1.82) is 0 Å². The Morgan fingerprint density at radius 2 is 0.619 bits per heavy atom. The van der Waals surface area contributed by atoms with E-state index >= 15 is 0 Å². The summed E-state index contributed by atoms with van der Waals surface area (Å²) in [5.41, 5.74) is 8.59. The van der Waals surface area contributed by atoms with Crippen molar-refractivity contribution in [1.82, 2.24) is 28.7 Å². The molecule has 0 saturated carbocycles. The molecule has 0 N–H and O–H groups in total. The normalized spacial score (nSPS) is 12.1. The first-order valence-electron chi connectivity index (χ1n) is 21.4. The van der Waals surface area contributed by atoms with E-state index in [0.29, 0.717) is 17.7 Å². The van der Waals surface area contributed by atoms with Gasteiger partial charge in [-0.1, -0.05) is 146 Å². The van der Waals surface area contributed by atoms with Crippen molar-refractivity contribution in [2.24, 2.45) is 0 Å². The molecule has 0 radical (unpaired) electrons. The molecule has 0 bridgehead atoms. The van der Waals surface area contributed by atoms with Gasteiger partial charge in [0, 0.05) is 43.6 Å². The Bertz CT molecular complexity index is 3970. The molecule has 0 spiro atoms. The molecule has 0 fully saturated rings. The van der Waals surface area contributed by atoms with E-state index in [2.05, 4.69) is 220 Å². The van der Waals surface area contributed by atoms with Gasteiger partial charge < -0.3 is 4.57 Å². The first-order chi connectivity index (χ1) is 31.3. The van der Waals surface area contributed by atoms with E-state index in [0.717, 1.165) is 60.2 Å². The maximum Gasteiger partial charge on any atom is 0.240 e. The Kier molecular flexibility index (Phi) is 7.02. The molecule has 292 valence electrons. The topological polar surface area (TPSA) is 53.5 Å². The van der Waals surface area contributed by atoms with Crippen molar-refractivity contribution in [2.45, 2.75) is 0 Å². The Balaban J connectivity index is 1.07. The van der Waals surface area contributed by atoms with E-state index in [-0.39, 0.29) is 0 Å². The lowest BCUT2D eigenvalue weighted by Crippen LogP contribution is -2.10. The van der Waals surface area contributed by atoms with E-state index in [1.165, 1.54) is 48.7 Å². The van der Waals surface area contributed by atoms with Crippen LogP contribution in [0.15, 0.2) is 206 Å². The van der Waals surface area contributed by atoms with Crippen LogP contribution in [0.25, 0.3) is 127 Å². The van der Waals surface area contributed by atoms with Gasteiger partial charge in [-0.25, -0.2) is 0 Å². The first-order valence-corrected chi connectivity index (χ1v) is 21.4. The number of hydrogen-bond acceptors (Lipinski definition) is 3. The molecule has 6 nitrogen and oxygen atoms in total. The van der Waals surface area contributed by atoms with E-state index in [4.69, 9.17) is 15.0 Å². The average Bonchev–Trinajstić information content (AvgIpc) is 3.99. The molecule has 0 aliphatic carbocycles. The van der Waals surface area contributed by atoms with Crippen LogP contribution >= 0.6 is 0 Å². The van der Waals surface area contributed by atoms with Gasteiger partial charge in [0.2, 0.25) is 11.9 Å². The second-order valence-electron chi connectivity index (χ2n) is 16.4. The van der Waals surface area contributed by atoms with E-state index in [1.54, 1.807) is 0 Å². The molecule has 0 atom stereocenters. The van der Waals surface area contributed by atoms with Gasteiger partial charge in [0.15, 0.2) is 5.82 Å². The minimum absolute atomic E-state index is 0.564. The van der Waals surface area contributed by atoms with Gasteiger partial charge in [-0.2, -0.15) is 15.0 Å². The second kappa shape index (κ2) is 12.9. The van der Waals surface area contributed by atoms with Crippen molar-refractivity contribution in [3.63, 3.8) is 0 Å². The van der Waals surface area contributed by atoms with Gasteiger partial charge in [-0.3, -0.25) is 9.13 Å². The summed E-state index contributed by atoms with van der Waals surface area (Å²) in [6.45, 7) is 0. The Labute approximate surface area is 360 Å². The highest BCUT2D eigenvalue weighted by Gasteiger charge is 2.22. The third-order valence-electron chi connectivity index (χ3n) is 13.1. The van der Waals surface area contributed by atoms with Gasteiger partial charge in [-0.05, 0) is 93.0 Å².